The van der Waals surface area contributed by atoms with E-state index < -0.39 is 5.91 Å². The first-order chi connectivity index (χ1) is 12.7. The molecular formula is C21H21N3O2. The number of nitrogens with two attached hydrogens (primary N) is 1. The monoisotopic (exact) mass is 347 g/mol. The SMILES string of the molecule is NC(=O)c1cc(-c2cc(-c3ccccc3)ccc2CN2CCCC2)no1. The predicted octanol–water partition coefficient (Wildman–Crippen LogP) is 3.70. The molecule has 132 valence electrons. The lowest BCUT2D eigenvalue weighted by Gasteiger charge is -2.17. The molecule has 0 radical (unpaired) electrons. The van der Waals surface area contributed by atoms with Gasteiger partial charge in [0.2, 0.25) is 5.76 Å². The van der Waals surface area contributed by atoms with E-state index in [-0.39, 0.29) is 5.76 Å². The van der Waals surface area contributed by atoms with Crippen molar-refractivity contribution in [3.63, 3.8) is 0 Å². The molecule has 26 heavy (non-hydrogen) atoms. The van der Waals surface area contributed by atoms with Crippen LogP contribution in [-0.4, -0.2) is 29.1 Å². The van der Waals surface area contributed by atoms with E-state index in [4.69, 9.17) is 10.3 Å². The minimum Gasteiger partial charge on any atom is -0.363 e. The first kappa shape index (κ1) is 16.5. The molecule has 5 heteroatoms. The number of likely N-dealkylation sites (tertiary alicyclic amines) is 1. The van der Waals surface area contributed by atoms with Crippen LogP contribution in [0.2, 0.25) is 0 Å². The van der Waals surface area contributed by atoms with Gasteiger partial charge in [0, 0.05) is 18.2 Å². The van der Waals surface area contributed by atoms with Crippen LogP contribution in [0.5, 0.6) is 0 Å². The molecule has 0 unspecified atom stereocenters. The van der Waals surface area contributed by atoms with Gasteiger partial charge in [-0.2, -0.15) is 0 Å². The van der Waals surface area contributed by atoms with E-state index in [1.54, 1.807) is 6.07 Å². The smallest absolute Gasteiger partial charge is 0.287 e. The summed E-state index contributed by atoms with van der Waals surface area (Å²) in [4.78, 5) is 13.8. The van der Waals surface area contributed by atoms with Crippen LogP contribution < -0.4 is 5.73 Å². The topological polar surface area (TPSA) is 72.4 Å². The second-order valence-corrected chi connectivity index (χ2v) is 6.66. The molecule has 1 amide bonds. The molecule has 1 aromatic heterocycles. The van der Waals surface area contributed by atoms with Crippen molar-refractivity contribution in [2.24, 2.45) is 5.73 Å². The van der Waals surface area contributed by atoms with Gasteiger partial charge in [-0.05, 0) is 48.7 Å². The van der Waals surface area contributed by atoms with Crippen molar-refractivity contribution in [1.29, 1.82) is 0 Å². The van der Waals surface area contributed by atoms with Crippen LogP contribution in [0, 0.1) is 0 Å². The van der Waals surface area contributed by atoms with Crippen LogP contribution in [0.4, 0.5) is 0 Å². The molecule has 1 saturated heterocycles. The maximum absolute atomic E-state index is 11.4. The third-order valence-electron chi connectivity index (χ3n) is 4.84. The molecule has 4 rings (SSSR count). The van der Waals surface area contributed by atoms with Gasteiger partial charge < -0.3 is 10.3 Å². The number of aromatic nitrogens is 1. The Kier molecular flexibility index (Phi) is 4.54. The zero-order valence-electron chi connectivity index (χ0n) is 14.5. The molecule has 0 aliphatic carbocycles. The van der Waals surface area contributed by atoms with Crippen molar-refractivity contribution >= 4 is 5.91 Å². The number of benzene rings is 2. The molecule has 2 aromatic carbocycles. The van der Waals surface area contributed by atoms with Crippen LogP contribution in [0.25, 0.3) is 22.4 Å². The Labute approximate surface area is 152 Å². The standard InChI is InChI=1S/C21H21N3O2/c22-21(25)20-13-19(23-26-20)18-12-16(15-6-2-1-3-7-15)8-9-17(18)14-24-10-4-5-11-24/h1-3,6-9,12-13H,4-5,10-11,14H2,(H2,22,25). The Hall–Kier alpha value is -2.92. The molecule has 1 aliphatic rings. The lowest BCUT2D eigenvalue weighted by atomic mass is 9.97. The summed E-state index contributed by atoms with van der Waals surface area (Å²) < 4.78 is 5.11. The molecule has 2 heterocycles. The molecule has 3 aromatic rings. The van der Waals surface area contributed by atoms with Gasteiger partial charge in [-0.25, -0.2) is 0 Å². The van der Waals surface area contributed by atoms with Gasteiger partial charge in [-0.15, -0.1) is 0 Å². The number of nitrogens with zero attached hydrogens (tertiary/aromatic N) is 2. The Morgan fingerprint density at radius 2 is 1.81 bits per heavy atom. The number of amides is 1. The van der Waals surface area contributed by atoms with E-state index in [1.165, 1.54) is 18.4 Å². The molecule has 1 fully saturated rings. The average molecular weight is 347 g/mol. The van der Waals surface area contributed by atoms with E-state index >= 15 is 0 Å². The van der Waals surface area contributed by atoms with Crippen LogP contribution in [0.3, 0.4) is 0 Å². The van der Waals surface area contributed by atoms with Gasteiger partial charge in [0.1, 0.15) is 5.69 Å². The zero-order valence-corrected chi connectivity index (χ0v) is 14.5. The number of carbonyl (C=O) groups excluding carboxylic acids is 1. The van der Waals surface area contributed by atoms with E-state index in [2.05, 4.69) is 40.4 Å². The summed E-state index contributed by atoms with van der Waals surface area (Å²) in [5, 5.41) is 4.08. The maximum atomic E-state index is 11.4. The molecule has 0 bridgehead atoms. The van der Waals surface area contributed by atoms with Gasteiger partial charge in [0.25, 0.3) is 5.91 Å². The second-order valence-electron chi connectivity index (χ2n) is 6.66. The largest absolute Gasteiger partial charge is 0.363 e. The van der Waals surface area contributed by atoms with Crippen LogP contribution in [0.15, 0.2) is 59.1 Å². The van der Waals surface area contributed by atoms with Crippen molar-refractivity contribution in [3.05, 3.63) is 65.9 Å². The minimum absolute atomic E-state index is 0.0808. The van der Waals surface area contributed by atoms with Crippen molar-refractivity contribution in [1.82, 2.24) is 10.1 Å². The van der Waals surface area contributed by atoms with E-state index in [9.17, 15) is 4.79 Å². The lowest BCUT2D eigenvalue weighted by molar-refractivity contribution is 0.0965. The lowest BCUT2D eigenvalue weighted by Crippen LogP contribution is -2.18. The quantitative estimate of drug-likeness (QED) is 0.764. The van der Waals surface area contributed by atoms with Gasteiger partial charge in [0.05, 0.1) is 0 Å². The third-order valence-corrected chi connectivity index (χ3v) is 4.84. The number of carbonyl (C=O) groups is 1. The third kappa shape index (κ3) is 3.39. The Balaban J connectivity index is 1.76. The van der Waals surface area contributed by atoms with Gasteiger partial charge in [0.15, 0.2) is 0 Å². The van der Waals surface area contributed by atoms with E-state index in [1.807, 2.05) is 18.2 Å². The first-order valence-corrected chi connectivity index (χ1v) is 8.88. The highest BCUT2D eigenvalue weighted by molar-refractivity contribution is 5.91. The summed E-state index contributed by atoms with van der Waals surface area (Å²) >= 11 is 0. The number of rotatable bonds is 5. The first-order valence-electron chi connectivity index (χ1n) is 8.88. The normalized spacial score (nSPS) is 14.6. The summed E-state index contributed by atoms with van der Waals surface area (Å²) in [6, 6.07) is 18.2. The summed E-state index contributed by atoms with van der Waals surface area (Å²) in [5.41, 5.74) is 10.4. The molecule has 2 N–H and O–H groups in total. The number of hydrogen-bond acceptors (Lipinski definition) is 4. The fraction of sp³-hybridized carbons (Fsp3) is 0.238. The van der Waals surface area contributed by atoms with Crippen molar-refractivity contribution in [3.8, 4) is 22.4 Å². The summed E-state index contributed by atoms with van der Waals surface area (Å²) in [6.45, 7) is 3.10. The van der Waals surface area contributed by atoms with Gasteiger partial charge in [-0.3, -0.25) is 9.69 Å². The predicted molar refractivity (Wildman–Crippen MR) is 100 cm³/mol. The van der Waals surface area contributed by atoms with Crippen LogP contribution in [0.1, 0.15) is 29.0 Å². The molecule has 0 spiro atoms. The van der Waals surface area contributed by atoms with Gasteiger partial charge >= 0.3 is 0 Å². The van der Waals surface area contributed by atoms with E-state index in [0.717, 1.165) is 36.3 Å². The highest BCUT2D eigenvalue weighted by Gasteiger charge is 2.18. The summed E-state index contributed by atoms with van der Waals surface area (Å²) in [5.74, 6) is -0.527. The van der Waals surface area contributed by atoms with Crippen molar-refractivity contribution in [2.45, 2.75) is 19.4 Å². The number of primary amides is 1. The second kappa shape index (κ2) is 7.14. The van der Waals surface area contributed by atoms with E-state index in [0.29, 0.717) is 5.69 Å². The van der Waals surface area contributed by atoms with Crippen molar-refractivity contribution in [2.75, 3.05) is 13.1 Å². The fourth-order valence-corrected chi connectivity index (χ4v) is 3.46. The Morgan fingerprint density at radius 1 is 1.04 bits per heavy atom. The highest BCUT2D eigenvalue weighted by Crippen LogP contribution is 2.31. The van der Waals surface area contributed by atoms with Crippen molar-refractivity contribution < 1.29 is 9.32 Å². The summed E-state index contributed by atoms with van der Waals surface area (Å²) in [7, 11) is 0. The average Bonchev–Trinajstić information content (AvgIpc) is 3.35. The molecule has 1 aliphatic heterocycles. The number of hydrogen-bond donors (Lipinski definition) is 1. The van der Waals surface area contributed by atoms with Crippen LogP contribution >= 0.6 is 0 Å². The molecule has 0 saturated carbocycles. The highest BCUT2D eigenvalue weighted by atomic mass is 16.5. The Bertz CT molecular complexity index is 912. The minimum atomic E-state index is -0.607. The maximum Gasteiger partial charge on any atom is 0.287 e. The fourth-order valence-electron chi connectivity index (χ4n) is 3.46. The van der Waals surface area contributed by atoms with Gasteiger partial charge in [-0.1, -0.05) is 47.6 Å². The molecule has 5 nitrogen and oxygen atoms in total. The molecular weight excluding hydrogens is 326 g/mol. The molecule has 0 atom stereocenters. The van der Waals surface area contributed by atoms with Crippen LogP contribution in [-0.2, 0) is 6.54 Å². The summed E-state index contributed by atoms with van der Waals surface area (Å²) in [6.07, 6.45) is 2.49. The zero-order chi connectivity index (χ0) is 17.9. The Morgan fingerprint density at radius 3 is 2.50 bits per heavy atom.